The van der Waals surface area contributed by atoms with Crippen LogP contribution in [0.15, 0.2) is 0 Å². The van der Waals surface area contributed by atoms with E-state index < -0.39 is 108 Å². The van der Waals surface area contributed by atoms with Crippen molar-refractivity contribution in [3.63, 3.8) is 0 Å². The van der Waals surface area contributed by atoms with E-state index >= 15 is 0 Å². The second-order valence-corrected chi connectivity index (χ2v) is 17.4. The van der Waals surface area contributed by atoms with Gasteiger partial charge in [0.15, 0.2) is 5.78 Å². The SMILES string of the molecule is CCC(C)C(N)C(=O)NC(CCC(N)=O)C(=O)NC(CC(N)=O)C(=O)NC(CSCNC(=O)C(C)(C)C)C(=O)N1CCCC1C(=O)CC(CC(C)C)C(=O)NCC(N)=O. The Morgan fingerprint density at radius 2 is 1.36 bits per heavy atom. The Balaban J connectivity index is 3.43. The van der Waals surface area contributed by atoms with E-state index in [1.54, 1.807) is 27.7 Å². The summed E-state index contributed by atoms with van der Waals surface area (Å²) in [5.74, 6) is -8.20. The lowest BCUT2D eigenvalue weighted by molar-refractivity contribution is -0.141. The fraction of sp³-hybridized carbons (Fsp3) is 0.737. The molecule has 7 atom stereocenters. The molecule has 1 aliphatic rings. The topological polar surface area (TPSA) is 338 Å². The molecule has 0 saturated carbocycles. The van der Waals surface area contributed by atoms with E-state index in [9.17, 15) is 47.9 Å². The lowest BCUT2D eigenvalue weighted by Crippen LogP contribution is -2.60. The average Bonchev–Trinajstić information content (AvgIpc) is 3.64. The van der Waals surface area contributed by atoms with Gasteiger partial charge < -0.3 is 54.4 Å². The maximum Gasteiger partial charge on any atom is 0.246 e. The number of hydrogen-bond donors (Lipinski definition) is 9. The van der Waals surface area contributed by atoms with Crippen LogP contribution in [0.5, 0.6) is 0 Å². The summed E-state index contributed by atoms with van der Waals surface area (Å²) in [7, 11) is 0. The number of ketones is 1. The summed E-state index contributed by atoms with van der Waals surface area (Å²) >= 11 is 1.09. The van der Waals surface area contributed by atoms with Crippen LogP contribution in [0.2, 0.25) is 0 Å². The van der Waals surface area contributed by atoms with Gasteiger partial charge in [-0.25, -0.2) is 0 Å². The Kier molecular flexibility index (Phi) is 22.1. The van der Waals surface area contributed by atoms with Gasteiger partial charge in [0.2, 0.25) is 53.2 Å². The number of rotatable bonds is 26. The minimum atomic E-state index is -1.66. The van der Waals surface area contributed by atoms with Gasteiger partial charge in [0.05, 0.1) is 30.9 Å². The highest BCUT2D eigenvalue weighted by Gasteiger charge is 2.40. The molecule has 1 rings (SSSR count). The van der Waals surface area contributed by atoms with Gasteiger partial charge in [-0.2, -0.15) is 0 Å². The molecule has 1 fully saturated rings. The molecule has 1 heterocycles. The molecule has 0 radical (unpaired) electrons. The number of amides is 9. The zero-order chi connectivity index (χ0) is 45.2. The molecule has 0 bridgehead atoms. The number of hydrogen-bond acceptors (Lipinski definition) is 12. The van der Waals surface area contributed by atoms with E-state index in [-0.39, 0.29) is 61.6 Å². The van der Waals surface area contributed by atoms with Gasteiger partial charge in [0.25, 0.3) is 0 Å². The van der Waals surface area contributed by atoms with Crippen molar-refractivity contribution in [1.29, 1.82) is 0 Å². The van der Waals surface area contributed by atoms with Crippen molar-refractivity contribution in [3.8, 4) is 0 Å². The van der Waals surface area contributed by atoms with Crippen LogP contribution in [-0.2, 0) is 47.9 Å². The Hall–Kier alpha value is -4.79. The molecular weight excluding hydrogens is 789 g/mol. The maximum atomic E-state index is 14.3. The van der Waals surface area contributed by atoms with E-state index in [4.69, 9.17) is 22.9 Å². The molecule has 0 aromatic heterocycles. The van der Waals surface area contributed by atoms with Crippen molar-refractivity contribution in [2.45, 2.75) is 130 Å². The minimum Gasteiger partial charge on any atom is -0.370 e. The van der Waals surface area contributed by atoms with Crippen LogP contribution < -0.4 is 49.5 Å². The number of thioether (sulfide) groups is 1. The molecule has 0 aliphatic carbocycles. The molecule has 0 aromatic carbocycles. The first kappa shape index (κ1) is 52.2. The van der Waals surface area contributed by atoms with Crippen molar-refractivity contribution >= 4 is 70.7 Å². The molecule has 334 valence electrons. The van der Waals surface area contributed by atoms with Crippen LogP contribution in [-0.4, -0.2) is 119 Å². The van der Waals surface area contributed by atoms with E-state index in [1.807, 2.05) is 20.8 Å². The summed E-state index contributed by atoms with van der Waals surface area (Å²) in [6, 6.07) is -6.38. The Labute approximate surface area is 350 Å². The number of nitrogens with two attached hydrogens (primary N) is 4. The second-order valence-electron chi connectivity index (χ2n) is 16.4. The molecule has 9 amide bonds. The Morgan fingerprint density at radius 1 is 0.763 bits per heavy atom. The number of carbonyl (C=O) groups excluding carboxylic acids is 10. The van der Waals surface area contributed by atoms with Gasteiger partial charge >= 0.3 is 0 Å². The predicted octanol–water partition coefficient (Wildman–Crippen LogP) is -1.98. The van der Waals surface area contributed by atoms with Crippen LogP contribution in [0.3, 0.4) is 0 Å². The van der Waals surface area contributed by atoms with E-state index in [0.29, 0.717) is 19.3 Å². The van der Waals surface area contributed by atoms with Crippen LogP contribution in [0.4, 0.5) is 0 Å². The molecule has 1 saturated heterocycles. The first-order chi connectivity index (χ1) is 27.4. The highest BCUT2D eigenvalue weighted by molar-refractivity contribution is 7.99. The van der Waals surface area contributed by atoms with Crippen molar-refractivity contribution in [2.24, 2.45) is 46.1 Å². The zero-order valence-electron chi connectivity index (χ0n) is 35.4. The fourth-order valence-corrected chi connectivity index (χ4v) is 6.95. The molecule has 20 nitrogen and oxygen atoms in total. The number of primary amides is 3. The van der Waals surface area contributed by atoms with Crippen molar-refractivity contribution < 1.29 is 47.9 Å². The molecule has 59 heavy (non-hydrogen) atoms. The fourth-order valence-electron chi connectivity index (χ4n) is 6.14. The summed E-state index contributed by atoms with van der Waals surface area (Å²) in [6.07, 6.45) is 0.0247. The molecule has 1 aliphatic heterocycles. The average molecular weight is 855 g/mol. The van der Waals surface area contributed by atoms with Gasteiger partial charge in [-0.15, -0.1) is 11.8 Å². The standard InChI is InChI=1S/C38H66N10O10S/c1-8-21(4)31(42)35(56)45-23(11-12-28(39)50)33(54)46-24(16-29(40)51)34(55)47-25(18-59-19-44-37(58)38(5,6)7)36(57)48-13-9-10-26(48)27(49)15-22(14-20(2)3)32(53)43-17-30(41)52/h20-26,31H,8-19,42H2,1-7H3,(H2,39,50)(H2,40,51)(H2,41,52)(H,43,53)(H,44,58)(H,45,56)(H,46,54)(H,47,55). The summed E-state index contributed by atoms with van der Waals surface area (Å²) in [6.45, 7) is 12.2. The zero-order valence-corrected chi connectivity index (χ0v) is 36.2. The normalized spacial score (nSPS) is 17.0. The van der Waals surface area contributed by atoms with Crippen molar-refractivity contribution in [2.75, 3.05) is 24.7 Å². The quantitative estimate of drug-likeness (QED) is 0.0338. The number of Topliss-reactive ketones (excluding diaryl/α,β-unsaturated/α-hetero) is 1. The minimum absolute atomic E-state index is 0.00899. The Bertz CT molecular complexity index is 1540. The van der Waals surface area contributed by atoms with Crippen LogP contribution in [0.25, 0.3) is 0 Å². The predicted molar refractivity (Wildman–Crippen MR) is 220 cm³/mol. The first-order valence-corrected chi connectivity index (χ1v) is 21.0. The van der Waals surface area contributed by atoms with Gasteiger partial charge in [-0.3, -0.25) is 47.9 Å². The Morgan fingerprint density at radius 3 is 1.90 bits per heavy atom. The lowest BCUT2D eigenvalue weighted by atomic mass is 9.89. The monoisotopic (exact) mass is 854 g/mol. The number of likely N-dealkylation sites (tertiary alicyclic amines) is 1. The highest BCUT2D eigenvalue weighted by Crippen LogP contribution is 2.25. The second kappa shape index (κ2) is 25.0. The molecule has 0 spiro atoms. The van der Waals surface area contributed by atoms with Gasteiger partial charge in [-0.05, 0) is 37.5 Å². The van der Waals surface area contributed by atoms with Crippen LogP contribution in [0.1, 0.15) is 99.8 Å². The van der Waals surface area contributed by atoms with Crippen molar-refractivity contribution in [1.82, 2.24) is 31.5 Å². The molecular formula is C38H66N10O10S. The van der Waals surface area contributed by atoms with Crippen molar-refractivity contribution in [3.05, 3.63) is 0 Å². The molecule has 0 aromatic rings. The van der Waals surface area contributed by atoms with E-state index in [1.165, 1.54) is 4.90 Å². The molecule has 21 heteroatoms. The van der Waals surface area contributed by atoms with Crippen LogP contribution in [0, 0.1) is 23.2 Å². The maximum absolute atomic E-state index is 14.3. The molecule has 13 N–H and O–H groups in total. The van der Waals surface area contributed by atoms with Gasteiger partial charge in [0.1, 0.15) is 18.1 Å². The van der Waals surface area contributed by atoms with Gasteiger partial charge in [-0.1, -0.05) is 54.9 Å². The number of nitrogens with one attached hydrogen (secondary N) is 5. The summed E-state index contributed by atoms with van der Waals surface area (Å²) < 4.78 is 0. The van der Waals surface area contributed by atoms with Gasteiger partial charge in [0, 0.05) is 36.5 Å². The third-order valence-electron chi connectivity index (χ3n) is 9.74. The number of carbonyl (C=O) groups is 10. The summed E-state index contributed by atoms with van der Waals surface area (Å²) in [4.78, 5) is 130. The highest BCUT2D eigenvalue weighted by atomic mass is 32.2. The molecule has 7 unspecified atom stereocenters. The lowest BCUT2D eigenvalue weighted by Gasteiger charge is -2.30. The van der Waals surface area contributed by atoms with E-state index in [2.05, 4.69) is 26.6 Å². The van der Waals surface area contributed by atoms with E-state index in [0.717, 1.165) is 11.8 Å². The summed E-state index contributed by atoms with van der Waals surface area (Å²) in [5, 5.41) is 12.6. The largest absolute Gasteiger partial charge is 0.370 e. The summed E-state index contributed by atoms with van der Waals surface area (Å²) in [5.41, 5.74) is 21.3. The number of nitrogens with zero attached hydrogens (tertiary/aromatic N) is 1. The third-order valence-corrected chi connectivity index (χ3v) is 10.7. The first-order valence-electron chi connectivity index (χ1n) is 19.9. The smallest absolute Gasteiger partial charge is 0.246 e. The van der Waals surface area contributed by atoms with Crippen LogP contribution >= 0.6 is 11.8 Å². The third kappa shape index (κ3) is 18.8.